The van der Waals surface area contributed by atoms with E-state index in [-0.39, 0.29) is 11.8 Å². The Kier molecular flexibility index (Phi) is 3.42. The van der Waals surface area contributed by atoms with Crippen LogP contribution >= 0.6 is 0 Å². The minimum atomic E-state index is -0.142. The number of rotatable bonds is 3. The maximum Gasteiger partial charge on any atom is 0.257 e. The normalized spacial score (nSPS) is 13.6. The lowest BCUT2D eigenvalue weighted by Gasteiger charge is -2.13. The Morgan fingerprint density at radius 3 is 2.60 bits per heavy atom. The molecular formula is C17H14N2O. The molecule has 1 aliphatic rings. The predicted octanol–water partition coefficient (Wildman–Crippen LogP) is 3.54. The monoisotopic (exact) mass is 262 g/mol. The smallest absolute Gasteiger partial charge is 0.257 e. The molecule has 20 heavy (non-hydrogen) atoms. The number of carbonyl (C=O) groups is 1. The van der Waals surface area contributed by atoms with Gasteiger partial charge in [-0.05, 0) is 23.8 Å². The van der Waals surface area contributed by atoms with E-state index >= 15 is 0 Å². The average Bonchev–Trinajstić information content (AvgIpc) is 3.03. The molecule has 3 nitrogen and oxygen atoms in total. The third kappa shape index (κ3) is 2.52. The van der Waals surface area contributed by atoms with Gasteiger partial charge in [-0.15, -0.1) is 0 Å². The summed E-state index contributed by atoms with van der Waals surface area (Å²) in [7, 11) is 0. The van der Waals surface area contributed by atoms with Gasteiger partial charge in [0.25, 0.3) is 5.91 Å². The Labute approximate surface area is 117 Å². The first kappa shape index (κ1) is 12.4. The number of aromatic nitrogens is 1. The van der Waals surface area contributed by atoms with Crippen molar-refractivity contribution in [3.8, 4) is 0 Å². The van der Waals surface area contributed by atoms with Crippen molar-refractivity contribution in [3.05, 3.63) is 84.2 Å². The number of carbonyl (C=O) groups excluding carboxylic acids is 1. The van der Waals surface area contributed by atoms with Crippen LogP contribution in [-0.2, 0) is 0 Å². The van der Waals surface area contributed by atoms with Gasteiger partial charge in [0.2, 0.25) is 0 Å². The summed E-state index contributed by atoms with van der Waals surface area (Å²) in [6.07, 6.45) is 11.5. The van der Waals surface area contributed by atoms with Gasteiger partial charge in [0.05, 0.1) is 5.56 Å². The van der Waals surface area contributed by atoms with Crippen LogP contribution in [-0.4, -0.2) is 10.9 Å². The van der Waals surface area contributed by atoms with Crippen LogP contribution in [0.4, 0.5) is 5.69 Å². The molecule has 1 heterocycles. The number of amides is 1. The molecular weight excluding hydrogens is 248 g/mol. The number of hydrogen-bond donors (Lipinski definition) is 1. The van der Waals surface area contributed by atoms with Crippen molar-refractivity contribution >= 4 is 11.6 Å². The Bertz CT molecular complexity index is 662. The summed E-state index contributed by atoms with van der Waals surface area (Å²) in [5.74, 6) is 0.0805. The molecule has 0 fully saturated rings. The zero-order valence-corrected chi connectivity index (χ0v) is 10.9. The molecule has 0 aliphatic heterocycles. The minimum absolute atomic E-state index is 0.142. The molecule has 98 valence electrons. The summed E-state index contributed by atoms with van der Waals surface area (Å²) in [6.45, 7) is 0. The number of pyridine rings is 1. The third-order valence-electron chi connectivity index (χ3n) is 3.24. The second kappa shape index (κ2) is 5.53. The van der Waals surface area contributed by atoms with Gasteiger partial charge < -0.3 is 5.32 Å². The molecule has 1 aromatic heterocycles. The quantitative estimate of drug-likeness (QED) is 0.919. The van der Waals surface area contributed by atoms with E-state index in [0.29, 0.717) is 5.56 Å². The second-order valence-electron chi connectivity index (χ2n) is 4.58. The Hall–Kier alpha value is -2.68. The highest BCUT2D eigenvalue weighted by Crippen LogP contribution is 2.29. The van der Waals surface area contributed by atoms with E-state index in [1.54, 1.807) is 24.5 Å². The van der Waals surface area contributed by atoms with Gasteiger partial charge in [0, 0.05) is 24.0 Å². The fraction of sp³-hybridized carbons (Fsp3) is 0.0588. The van der Waals surface area contributed by atoms with Gasteiger partial charge in [-0.25, -0.2) is 0 Å². The highest BCUT2D eigenvalue weighted by molar-refractivity contribution is 6.04. The van der Waals surface area contributed by atoms with E-state index < -0.39 is 0 Å². The first-order chi connectivity index (χ1) is 9.84. The lowest BCUT2D eigenvalue weighted by molar-refractivity contribution is 0.102. The number of nitrogens with one attached hydrogen (secondary N) is 1. The molecule has 0 spiro atoms. The second-order valence-corrected chi connectivity index (χ2v) is 4.58. The Balaban J connectivity index is 1.86. The van der Waals surface area contributed by atoms with Crippen molar-refractivity contribution in [3.63, 3.8) is 0 Å². The molecule has 0 saturated carbocycles. The first-order valence-electron chi connectivity index (χ1n) is 6.50. The van der Waals surface area contributed by atoms with Gasteiger partial charge in [0.1, 0.15) is 0 Å². The maximum absolute atomic E-state index is 12.2. The maximum atomic E-state index is 12.2. The number of anilines is 1. The van der Waals surface area contributed by atoms with Gasteiger partial charge in [-0.1, -0.05) is 42.5 Å². The molecule has 1 aliphatic carbocycles. The lowest BCUT2D eigenvalue weighted by atomic mass is 9.99. The van der Waals surface area contributed by atoms with Crippen molar-refractivity contribution in [2.24, 2.45) is 0 Å². The van der Waals surface area contributed by atoms with Gasteiger partial charge in [-0.3, -0.25) is 9.78 Å². The molecule has 0 saturated heterocycles. The zero-order chi connectivity index (χ0) is 13.8. The molecule has 0 unspecified atom stereocenters. The van der Waals surface area contributed by atoms with Crippen molar-refractivity contribution in [1.82, 2.24) is 4.98 Å². The van der Waals surface area contributed by atoms with Crippen molar-refractivity contribution in [1.29, 1.82) is 0 Å². The summed E-state index contributed by atoms with van der Waals surface area (Å²) in [6, 6.07) is 11.4. The molecule has 3 rings (SSSR count). The molecule has 1 amide bonds. The van der Waals surface area contributed by atoms with Crippen LogP contribution in [0.1, 0.15) is 21.8 Å². The zero-order valence-electron chi connectivity index (χ0n) is 10.9. The number of para-hydroxylation sites is 1. The van der Waals surface area contributed by atoms with E-state index in [0.717, 1.165) is 11.3 Å². The summed E-state index contributed by atoms with van der Waals surface area (Å²) in [4.78, 5) is 16.2. The first-order valence-corrected chi connectivity index (χ1v) is 6.50. The van der Waals surface area contributed by atoms with E-state index in [9.17, 15) is 4.79 Å². The van der Waals surface area contributed by atoms with Crippen LogP contribution in [0.3, 0.4) is 0 Å². The average molecular weight is 262 g/mol. The standard InChI is InChI=1S/C17H14N2O/c20-17(14-8-5-11-18-12-14)19-16-10-4-3-9-15(16)13-6-1-2-7-13/h1-13H,(H,19,20). The van der Waals surface area contributed by atoms with Crippen LogP contribution in [0.25, 0.3) is 0 Å². The Morgan fingerprint density at radius 2 is 1.85 bits per heavy atom. The molecule has 3 heteroatoms. The summed E-state index contributed by atoms with van der Waals surface area (Å²) < 4.78 is 0. The number of benzene rings is 1. The number of hydrogen-bond acceptors (Lipinski definition) is 2. The van der Waals surface area contributed by atoms with Crippen LogP contribution in [0.15, 0.2) is 73.1 Å². The van der Waals surface area contributed by atoms with E-state index in [1.165, 1.54) is 0 Å². The molecule has 2 aromatic rings. The van der Waals surface area contributed by atoms with Crippen LogP contribution in [0.2, 0.25) is 0 Å². The molecule has 1 N–H and O–H groups in total. The molecule has 0 radical (unpaired) electrons. The van der Waals surface area contributed by atoms with Gasteiger partial charge >= 0.3 is 0 Å². The van der Waals surface area contributed by atoms with Crippen LogP contribution < -0.4 is 5.32 Å². The van der Waals surface area contributed by atoms with Crippen molar-refractivity contribution < 1.29 is 4.79 Å². The summed E-state index contributed by atoms with van der Waals surface area (Å²) >= 11 is 0. The summed E-state index contributed by atoms with van der Waals surface area (Å²) in [5, 5.41) is 2.96. The summed E-state index contributed by atoms with van der Waals surface area (Å²) in [5.41, 5.74) is 2.48. The molecule has 0 atom stereocenters. The minimum Gasteiger partial charge on any atom is -0.322 e. The number of nitrogens with zero attached hydrogens (tertiary/aromatic N) is 1. The SMILES string of the molecule is O=C(Nc1ccccc1C1C=CC=C1)c1cccnc1. The van der Waals surface area contributed by atoms with Crippen LogP contribution in [0, 0.1) is 0 Å². The number of allylic oxidation sites excluding steroid dienone is 4. The lowest BCUT2D eigenvalue weighted by Crippen LogP contribution is -2.13. The predicted molar refractivity (Wildman–Crippen MR) is 79.7 cm³/mol. The van der Waals surface area contributed by atoms with E-state index in [2.05, 4.69) is 22.5 Å². The fourth-order valence-electron chi connectivity index (χ4n) is 2.23. The van der Waals surface area contributed by atoms with Crippen molar-refractivity contribution in [2.75, 3.05) is 5.32 Å². The highest BCUT2D eigenvalue weighted by Gasteiger charge is 2.14. The highest BCUT2D eigenvalue weighted by atomic mass is 16.1. The van der Waals surface area contributed by atoms with Crippen LogP contribution in [0.5, 0.6) is 0 Å². The fourth-order valence-corrected chi connectivity index (χ4v) is 2.23. The van der Waals surface area contributed by atoms with E-state index in [1.807, 2.05) is 36.4 Å². The van der Waals surface area contributed by atoms with Gasteiger partial charge in [0.15, 0.2) is 0 Å². The Morgan fingerprint density at radius 1 is 1.05 bits per heavy atom. The largest absolute Gasteiger partial charge is 0.322 e. The third-order valence-corrected chi connectivity index (χ3v) is 3.24. The van der Waals surface area contributed by atoms with E-state index in [4.69, 9.17) is 0 Å². The molecule has 0 bridgehead atoms. The topological polar surface area (TPSA) is 42.0 Å². The van der Waals surface area contributed by atoms with Crippen molar-refractivity contribution in [2.45, 2.75) is 5.92 Å². The molecule has 1 aromatic carbocycles. The van der Waals surface area contributed by atoms with Gasteiger partial charge in [-0.2, -0.15) is 0 Å².